The Morgan fingerprint density at radius 2 is 1.38 bits per heavy atom. The molecule has 0 atom stereocenters. The topological polar surface area (TPSA) is 27.7 Å². The smallest absolute Gasteiger partial charge is 0.490 e. The summed E-state index contributed by atoms with van der Waals surface area (Å²) in [5.74, 6) is 1.76. The molecule has 0 aromatic heterocycles. The van der Waals surface area contributed by atoms with Crippen LogP contribution in [0, 0.1) is 11.3 Å². The molecule has 1 aromatic carbocycles. The van der Waals surface area contributed by atoms with E-state index in [2.05, 4.69) is 72.7 Å². The lowest BCUT2D eigenvalue weighted by molar-refractivity contribution is 0.00578. The second-order valence-corrected chi connectivity index (χ2v) is 10.1. The highest BCUT2D eigenvalue weighted by Crippen LogP contribution is 2.39. The Bertz CT molecular complexity index is 591. The zero-order valence-electron chi connectivity index (χ0n) is 17.6. The van der Waals surface area contributed by atoms with Crippen molar-refractivity contribution in [1.29, 1.82) is 0 Å². The van der Waals surface area contributed by atoms with Crippen molar-refractivity contribution in [3.63, 3.8) is 0 Å². The summed E-state index contributed by atoms with van der Waals surface area (Å²) in [7, 11) is -0.309. The monoisotopic (exact) mass is 358 g/mol. The van der Waals surface area contributed by atoms with Gasteiger partial charge in [0, 0.05) is 0 Å². The van der Waals surface area contributed by atoms with Crippen molar-refractivity contribution < 1.29 is 14.0 Å². The van der Waals surface area contributed by atoms with Crippen LogP contribution in [0.5, 0.6) is 5.75 Å². The van der Waals surface area contributed by atoms with E-state index in [1.165, 1.54) is 12.8 Å². The van der Waals surface area contributed by atoms with Crippen LogP contribution in [-0.4, -0.2) is 24.4 Å². The Hall–Kier alpha value is -0.995. The van der Waals surface area contributed by atoms with Crippen LogP contribution in [0.15, 0.2) is 24.3 Å². The summed E-state index contributed by atoms with van der Waals surface area (Å²) in [6, 6.07) is 8.24. The molecule has 0 radical (unpaired) electrons. The Balaban J connectivity index is 1.56. The van der Waals surface area contributed by atoms with Gasteiger partial charge in [-0.25, -0.2) is 0 Å². The van der Waals surface area contributed by atoms with Crippen LogP contribution in [0.2, 0.25) is 0 Å². The third-order valence-corrected chi connectivity index (χ3v) is 6.61. The third-order valence-electron chi connectivity index (χ3n) is 6.61. The second-order valence-electron chi connectivity index (χ2n) is 10.1. The van der Waals surface area contributed by atoms with E-state index in [0.717, 1.165) is 30.0 Å². The molecule has 3 rings (SSSR count). The van der Waals surface area contributed by atoms with Gasteiger partial charge in [0.25, 0.3) is 0 Å². The van der Waals surface area contributed by atoms with Gasteiger partial charge in [0.05, 0.1) is 17.3 Å². The van der Waals surface area contributed by atoms with Crippen molar-refractivity contribution >= 4 is 12.6 Å². The maximum atomic E-state index is 6.23. The van der Waals surface area contributed by atoms with Gasteiger partial charge in [-0.05, 0) is 82.3 Å². The first-order valence-corrected chi connectivity index (χ1v) is 10.1. The SMILES string of the molecule is CC1(C)OB(c2ccc(O[C@H]3CC[C@H](C(C)(C)C)CC3)cc2)OC1(C)C. The Labute approximate surface area is 159 Å². The quantitative estimate of drug-likeness (QED) is 0.714. The van der Waals surface area contributed by atoms with Crippen molar-refractivity contribution in [2.45, 2.75) is 91.5 Å². The van der Waals surface area contributed by atoms with E-state index in [1.807, 2.05) is 0 Å². The molecule has 0 N–H and O–H groups in total. The molecule has 1 saturated carbocycles. The second kappa shape index (κ2) is 6.87. The molecule has 0 amide bonds. The van der Waals surface area contributed by atoms with E-state index >= 15 is 0 Å². The van der Waals surface area contributed by atoms with E-state index in [9.17, 15) is 0 Å². The molecule has 0 unspecified atom stereocenters. The first-order chi connectivity index (χ1) is 12.0. The zero-order valence-corrected chi connectivity index (χ0v) is 17.6. The number of hydrogen-bond donors (Lipinski definition) is 0. The number of ether oxygens (including phenoxy) is 1. The molecule has 0 bridgehead atoms. The molecule has 144 valence electrons. The average Bonchev–Trinajstić information content (AvgIpc) is 2.76. The number of hydrogen-bond acceptors (Lipinski definition) is 3. The molecule has 1 aliphatic carbocycles. The molecule has 1 saturated heterocycles. The summed E-state index contributed by atoms with van der Waals surface area (Å²) in [5, 5.41) is 0. The highest BCUT2D eigenvalue weighted by Gasteiger charge is 2.51. The van der Waals surface area contributed by atoms with Crippen LogP contribution in [0.1, 0.15) is 74.1 Å². The highest BCUT2D eigenvalue weighted by molar-refractivity contribution is 6.62. The van der Waals surface area contributed by atoms with Gasteiger partial charge >= 0.3 is 7.12 Å². The fraction of sp³-hybridized carbons (Fsp3) is 0.727. The van der Waals surface area contributed by atoms with Gasteiger partial charge in [0.1, 0.15) is 5.75 Å². The van der Waals surface area contributed by atoms with E-state index in [0.29, 0.717) is 11.5 Å². The maximum absolute atomic E-state index is 6.23. The molecule has 2 fully saturated rings. The Morgan fingerprint density at radius 3 is 1.85 bits per heavy atom. The average molecular weight is 358 g/mol. The fourth-order valence-corrected chi connectivity index (χ4v) is 3.92. The lowest BCUT2D eigenvalue weighted by Gasteiger charge is -2.36. The van der Waals surface area contributed by atoms with Gasteiger partial charge in [-0.15, -0.1) is 0 Å². The van der Waals surface area contributed by atoms with Crippen LogP contribution in [0.25, 0.3) is 0 Å². The normalized spacial score (nSPS) is 28.2. The molecule has 1 heterocycles. The molecular weight excluding hydrogens is 323 g/mol. The Morgan fingerprint density at radius 1 is 0.885 bits per heavy atom. The minimum absolute atomic E-state index is 0.307. The van der Waals surface area contributed by atoms with Crippen molar-refractivity contribution in [3.05, 3.63) is 24.3 Å². The Kier molecular flexibility index (Phi) is 5.22. The van der Waals surface area contributed by atoms with E-state index < -0.39 is 0 Å². The van der Waals surface area contributed by atoms with Gasteiger partial charge in [0.15, 0.2) is 0 Å². The van der Waals surface area contributed by atoms with Gasteiger partial charge < -0.3 is 14.0 Å². The van der Waals surface area contributed by atoms with Crippen molar-refractivity contribution in [2.75, 3.05) is 0 Å². The van der Waals surface area contributed by atoms with Crippen LogP contribution in [0.4, 0.5) is 0 Å². The van der Waals surface area contributed by atoms with Gasteiger partial charge in [0.2, 0.25) is 0 Å². The minimum atomic E-state index is -0.309. The minimum Gasteiger partial charge on any atom is -0.490 e. The molecule has 3 nitrogen and oxygen atoms in total. The van der Waals surface area contributed by atoms with Crippen LogP contribution in [-0.2, 0) is 9.31 Å². The summed E-state index contributed by atoms with van der Waals surface area (Å²) in [6.45, 7) is 15.4. The third kappa shape index (κ3) is 4.12. The van der Waals surface area contributed by atoms with Crippen molar-refractivity contribution in [2.24, 2.45) is 11.3 Å². The first kappa shape index (κ1) is 19.8. The molecule has 2 aliphatic rings. The summed E-state index contributed by atoms with van der Waals surface area (Å²) in [5.41, 5.74) is 0.847. The molecule has 1 aromatic rings. The summed E-state index contributed by atoms with van der Waals surface area (Å²) in [6.07, 6.45) is 5.18. The van der Waals surface area contributed by atoms with Crippen LogP contribution in [0.3, 0.4) is 0 Å². The van der Waals surface area contributed by atoms with E-state index in [4.69, 9.17) is 14.0 Å². The largest absolute Gasteiger partial charge is 0.494 e. The first-order valence-electron chi connectivity index (χ1n) is 10.1. The molecule has 4 heteroatoms. The lowest BCUT2D eigenvalue weighted by atomic mass is 9.72. The van der Waals surface area contributed by atoms with Gasteiger partial charge in [-0.3, -0.25) is 0 Å². The van der Waals surface area contributed by atoms with Crippen molar-refractivity contribution in [3.8, 4) is 5.75 Å². The number of rotatable bonds is 3. The molecule has 26 heavy (non-hydrogen) atoms. The zero-order chi connectivity index (χ0) is 19.2. The molecule has 1 aliphatic heterocycles. The fourth-order valence-electron chi connectivity index (χ4n) is 3.92. The van der Waals surface area contributed by atoms with E-state index in [1.54, 1.807) is 0 Å². The molecule has 0 spiro atoms. The van der Waals surface area contributed by atoms with Gasteiger partial charge in [-0.1, -0.05) is 32.9 Å². The molecular formula is C22H35BO3. The summed E-state index contributed by atoms with van der Waals surface area (Å²) in [4.78, 5) is 0. The standard InChI is InChI=1S/C22H35BO3/c1-20(2,3)16-8-12-18(13-9-16)24-19-14-10-17(11-15-19)23-25-21(4,5)22(6,7)26-23/h10-11,14-16,18H,8-9,12-13H2,1-7H3/t16-,18-. The van der Waals surface area contributed by atoms with Crippen LogP contribution < -0.4 is 10.2 Å². The number of benzene rings is 1. The maximum Gasteiger partial charge on any atom is 0.494 e. The lowest BCUT2D eigenvalue weighted by Crippen LogP contribution is -2.41. The summed E-state index contributed by atoms with van der Waals surface area (Å²) >= 11 is 0. The predicted molar refractivity (Wildman–Crippen MR) is 108 cm³/mol. The summed E-state index contributed by atoms with van der Waals surface area (Å²) < 4.78 is 18.5. The van der Waals surface area contributed by atoms with Crippen molar-refractivity contribution in [1.82, 2.24) is 0 Å². The predicted octanol–water partition coefficient (Wildman–Crippen LogP) is 4.97. The van der Waals surface area contributed by atoms with Crippen LogP contribution >= 0.6 is 0 Å². The highest BCUT2D eigenvalue weighted by atomic mass is 16.7. The van der Waals surface area contributed by atoms with Gasteiger partial charge in [-0.2, -0.15) is 0 Å². The van der Waals surface area contributed by atoms with E-state index in [-0.39, 0.29) is 18.3 Å².